The van der Waals surface area contributed by atoms with Gasteiger partial charge in [0, 0.05) is 6.04 Å². The number of nitrogens with zero attached hydrogens (tertiary/aromatic N) is 1. The van der Waals surface area contributed by atoms with E-state index in [-0.39, 0.29) is 18.0 Å². The molecule has 19 heavy (non-hydrogen) atoms. The molecule has 5 heteroatoms. The van der Waals surface area contributed by atoms with Gasteiger partial charge in [-0.2, -0.15) is 0 Å². The Hall–Kier alpha value is -1.36. The van der Waals surface area contributed by atoms with E-state index in [1.807, 2.05) is 0 Å². The highest BCUT2D eigenvalue weighted by molar-refractivity contribution is 5.92. The fourth-order valence-electron chi connectivity index (χ4n) is 2.63. The molecular weight excluding hydrogens is 242 g/mol. The quantitative estimate of drug-likeness (QED) is 0.878. The van der Waals surface area contributed by atoms with Crippen molar-refractivity contribution in [1.29, 1.82) is 0 Å². The Morgan fingerprint density at radius 1 is 1.53 bits per heavy atom. The smallest absolute Gasteiger partial charge is 0.273 e. The first kappa shape index (κ1) is 14.1. The van der Waals surface area contributed by atoms with Gasteiger partial charge < -0.3 is 15.5 Å². The number of carbonyl (C=O) groups is 1. The average molecular weight is 265 g/mol. The van der Waals surface area contributed by atoms with E-state index in [9.17, 15) is 4.79 Å². The van der Waals surface area contributed by atoms with Crippen LogP contribution >= 0.6 is 0 Å². The summed E-state index contributed by atoms with van der Waals surface area (Å²) in [6.45, 7) is 6.22. The lowest BCUT2D eigenvalue weighted by Gasteiger charge is -2.34. The highest BCUT2D eigenvalue weighted by Gasteiger charge is 2.29. The van der Waals surface area contributed by atoms with Crippen molar-refractivity contribution >= 4 is 5.91 Å². The third-order valence-corrected chi connectivity index (χ3v) is 4.17. The number of hydrogen-bond donors (Lipinski definition) is 2. The molecule has 3 N–H and O–H groups in total. The second-order valence-electron chi connectivity index (χ2n) is 5.71. The largest absolute Gasteiger partial charge is 0.446 e. The molecule has 1 amide bonds. The van der Waals surface area contributed by atoms with Crippen LogP contribution in [-0.4, -0.2) is 16.9 Å². The molecule has 1 aromatic rings. The van der Waals surface area contributed by atoms with Crippen LogP contribution in [0.1, 0.15) is 62.5 Å². The van der Waals surface area contributed by atoms with E-state index in [1.54, 1.807) is 6.92 Å². The van der Waals surface area contributed by atoms with Crippen LogP contribution in [0, 0.1) is 11.8 Å². The van der Waals surface area contributed by atoms with E-state index in [0.717, 1.165) is 6.42 Å². The number of nitrogens with two attached hydrogens (primary N) is 1. The van der Waals surface area contributed by atoms with Gasteiger partial charge in [-0.3, -0.25) is 4.79 Å². The maximum atomic E-state index is 12.1. The van der Waals surface area contributed by atoms with E-state index in [0.29, 0.717) is 23.4 Å². The Bertz CT molecular complexity index is 442. The summed E-state index contributed by atoms with van der Waals surface area (Å²) in [4.78, 5) is 16.2. The number of rotatable bonds is 3. The van der Waals surface area contributed by atoms with Crippen LogP contribution in [-0.2, 0) is 0 Å². The molecule has 1 fully saturated rings. The van der Waals surface area contributed by atoms with Gasteiger partial charge in [0.15, 0.2) is 5.69 Å². The summed E-state index contributed by atoms with van der Waals surface area (Å²) in [5.41, 5.74) is 5.98. The molecule has 0 aromatic carbocycles. The van der Waals surface area contributed by atoms with Crippen molar-refractivity contribution in [2.75, 3.05) is 0 Å². The lowest BCUT2D eigenvalue weighted by atomic mass is 9.78. The van der Waals surface area contributed by atoms with Crippen LogP contribution in [0.4, 0.5) is 0 Å². The molecule has 5 nitrogen and oxygen atoms in total. The number of amides is 1. The van der Waals surface area contributed by atoms with Gasteiger partial charge >= 0.3 is 0 Å². The second kappa shape index (κ2) is 5.74. The molecule has 0 saturated heterocycles. The minimum Gasteiger partial charge on any atom is -0.446 e. The first-order valence-corrected chi connectivity index (χ1v) is 7.01. The highest BCUT2D eigenvalue weighted by Crippen LogP contribution is 2.29. The zero-order valence-corrected chi connectivity index (χ0v) is 11.8. The van der Waals surface area contributed by atoms with E-state index in [2.05, 4.69) is 24.1 Å². The summed E-state index contributed by atoms with van der Waals surface area (Å²) in [7, 11) is 0. The van der Waals surface area contributed by atoms with Crippen LogP contribution in [0.15, 0.2) is 10.7 Å². The van der Waals surface area contributed by atoms with Gasteiger partial charge in [-0.25, -0.2) is 4.98 Å². The third-order valence-electron chi connectivity index (χ3n) is 4.17. The van der Waals surface area contributed by atoms with Crippen molar-refractivity contribution in [3.63, 3.8) is 0 Å². The summed E-state index contributed by atoms with van der Waals surface area (Å²) in [5.74, 6) is 1.38. The zero-order chi connectivity index (χ0) is 14.0. The minimum atomic E-state index is -0.296. The summed E-state index contributed by atoms with van der Waals surface area (Å²) in [6.07, 6.45) is 4.83. The Labute approximate surface area is 114 Å². The molecular formula is C14H23N3O2. The van der Waals surface area contributed by atoms with Gasteiger partial charge in [0.25, 0.3) is 5.91 Å². The number of hydrogen-bond acceptors (Lipinski definition) is 4. The van der Waals surface area contributed by atoms with Crippen molar-refractivity contribution in [3.05, 3.63) is 17.8 Å². The standard InChI is InChI=1S/C14H23N3O2/c1-8-5-4-6-11(9(8)2)16-13(18)12-7-19-14(17-12)10(3)15/h7-11H,4-6,15H2,1-3H3,(H,16,18). The molecule has 106 valence electrons. The zero-order valence-electron chi connectivity index (χ0n) is 11.8. The summed E-state index contributed by atoms with van der Waals surface area (Å²) >= 11 is 0. The Balaban J connectivity index is 2.00. The van der Waals surface area contributed by atoms with Gasteiger partial charge in [-0.15, -0.1) is 0 Å². The predicted molar refractivity (Wildman–Crippen MR) is 72.5 cm³/mol. The summed E-state index contributed by atoms with van der Waals surface area (Å²) in [5, 5.41) is 3.07. The highest BCUT2D eigenvalue weighted by atomic mass is 16.3. The normalized spacial score (nSPS) is 28.9. The molecule has 1 saturated carbocycles. The fourth-order valence-corrected chi connectivity index (χ4v) is 2.63. The Kier molecular flexibility index (Phi) is 4.24. The summed E-state index contributed by atoms with van der Waals surface area (Å²) in [6, 6.07) is -0.0677. The third kappa shape index (κ3) is 3.15. The molecule has 1 heterocycles. The second-order valence-corrected chi connectivity index (χ2v) is 5.71. The van der Waals surface area contributed by atoms with E-state index < -0.39 is 0 Å². The number of aromatic nitrogens is 1. The molecule has 1 aliphatic carbocycles. The molecule has 4 unspecified atom stereocenters. The Morgan fingerprint density at radius 3 is 2.89 bits per heavy atom. The van der Waals surface area contributed by atoms with Gasteiger partial charge in [-0.05, 0) is 25.2 Å². The molecule has 2 rings (SSSR count). The van der Waals surface area contributed by atoms with Gasteiger partial charge in [-0.1, -0.05) is 26.7 Å². The number of carbonyl (C=O) groups excluding carboxylic acids is 1. The van der Waals surface area contributed by atoms with Crippen LogP contribution in [0.2, 0.25) is 0 Å². The van der Waals surface area contributed by atoms with Crippen LogP contribution < -0.4 is 11.1 Å². The van der Waals surface area contributed by atoms with Crippen molar-refractivity contribution in [3.8, 4) is 0 Å². The van der Waals surface area contributed by atoms with Crippen molar-refractivity contribution < 1.29 is 9.21 Å². The molecule has 4 atom stereocenters. The van der Waals surface area contributed by atoms with Gasteiger partial charge in [0.2, 0.25) is 5.89 Å². The molecule has 1 aromatic heterocycles. The summed E-state index contributed by atoms with van der Waals surface area (Å²) < 4.78 is 5.19. The van der Waals surface area contributed by atoms with Gasteiger partial charge in [0.1, 0.15) is 6.26 Å². The maximum absolute atomic E-state index is 12.1. The Morgan fingerprint density at radius 2 is 2.26 bits per heavy atom. The molecule has 0 spiro atoms. The van der Waals surface area contributed by atoms with E-state index in [4.69, 9.17) is 10.2 Å². The van der Waals surface area contributed by atoms with Crippen molar-refractivity contribution in [2.24, 2.45) is 17.6 Å². The minimum absolute atomic E-state index is 0.165. The monoisotopic (exact) mass is 265 g/mol. The first-order chi connectivity index (χ1) is 8.99. The van der Waals surface area contributed by atoms with Crippen molar-refractivity contribution in [2.45, 2.75) is 52.1 Å². The van der Waals surface area contributed by atoms with Crippen LogP contribution in [0.3, 0.4) is 0 Å². The van der Waals surface area contributed by atoms with Crippen molar-refractivity contribution in [1.82, 2.24) is 10.3 Å². The van der Waals surface area contributed by atoms with Crippen LogP contribution in [0.25, 0.3) is 0 Å². The maximum Gasteiger partial charge on any atom is 0.273 e. The fraction of sp³-hybridized carbons (Fsp3) is 0.714. The first-order valence-electron chi connectivity index (χ1n) is 7.01. The van der Waals surface area contributed by atoms with Crippen LogP contribution in [0.5, 0.6) is 0 Å². The average Bonchev–Trinajstić information content (AvgIpc) is 2.84. The van der Waals surface area contributed by atoms with E-state index in [1.165, 1.54) is 19.1 Å². The molecule has 0 bridgehead atoms. The topological polar surface area (TPSA) is 81.1 Å². The number of nitrogens with one attached hydrogen (secondary N) is 1. The predicted octanol–water partition coefficient (Wildman–Crippen LogP) is 2.25. The van der Waals surface area contributed by atoms with Gasteiger partial charge in [0.05, 0.1) is 6.04 Å². The molecule has 0 aliphatic heterocycles. The number of oxazole rings is 1. The molecule has 0 radical (unpaired) electrons. The SMILES string of the molecule is CC(N)c1nc(C(=O)NC2CCCC(C)C2C)co1. The lowest BCUT2D eigenvalue weighted by Crippen LogP contribution is -2.43. The lowest BCUT2D eigenvalue weighted by molar-refractivity contribution is 0.0886. The molecule has 1 aliphatic rings. The van der Waals surface area contributed by atoms with E-state index >= 15 is 0 Å².